The van der Waals surface area contributed by atoms with Crippen molar-refractivity contribution in [2.24, 2.45) is 23.7 Å². The highest BCUT2D eigenvalue weighted by molar-refractivity contribution is 5.75. The lowest BCUT2D eigenvalue weighted by atomic mass is 9.53. The van der Waals surface area contributed by atoms with E-state index < -0.39 is 6.29 Å². The lowest BCUT2D eigenvalue weighted by Gasteiger charge is -2.56. The summed E-state index contributed by atoms with van der Waals surface area (Å²) in [5.41, 5.74) is 4.12. The number of rotatable bonds is 22. The maximum atomic E-state index is 13.2. The third-order valence-corrected chi connectivity index (χ3v) is 13.3. The largest absolute Gasteiger partial charge is 0.392 e. The second-order valence-corrected chi connectivity index (χ2v) is 17.9. The monoisotopic (exact) mass is 744 g/mol. The van der Waals surface area contributed by atoms with Crippen LogP contribution in [0.1, 0.15) is 171 Å². The van der Waals surface area contributed by atoms with Gasteiger partial charge in [0.05, 0.1) is 18.8 Å². The Hall–Kier alpha value is -2.45. The number of aliphatic hydroxyl groups excluding tert-OH is 1. The molecule has 1 saturated heterocycles. The molecule has 4 unspecified atom stereocenters. The fraction of sp³-hybridized carbons (Fsp3) is 0.723. The van der Waals surface area contributed by atoms with Gasteiger partial charge in [0.2, 0.25) is 0 Å². The van der Waals surface area contributed by atoms with Crippen LogP contribution in [0.4, 0.5) is 4.79 Å². The number of hydrogen-bond acceptors (Lipinski definition) is 5. The van der Waals surface area contributed by atoms with Crippen LogP contribution < -0.4 is 10.6 Å². The highest BCUT2D eigenvalue weighted by Crippen LogP contribution is 2.55. The highest BCUT2D eigenvalue weighted by atomic mass is 16.7. The summed E-state index contributed by atoms with van der Waals surface area (Å²) in [4.78, 5) is 15.8. The van der Waals surface area contributed by atoms with E-state index in [1.165, 1.54) is 96.3 Å². The second-order valence-electron chi connectivity index (χ2n) is 17.9. The molecule has 0 radical (unpaired) electrons. The van der Waals surface area contributed by atoms with E-state index in [0.29, 0.717) is 6.54 Å². The van der Waals surface area contributed by atoms with E-state index in [1.807, 2.05) is 12.1 Å². The summed E-state index contributed by atoms with van der Waals surface area (Å²) in [6, 6.07) is 16.6. The van der Waals surface area contributed by atoms with Crippen molar-refractivity contribution in [1.29, 1.82) is 0 Å². The zero-order valence-corrected chi connectivity index (χ0v) is 34.0. The zero-order valence-electron chi connectivity index (χ0n) is 34.0. The topological polar surface area (TPSA) is 83.1 Å². The Balaban J connectivity index is 1.09. The molecule has 2 aromatic rings. The summed E-state index contributed by atoms with van der Waals surface area (Å²) in [5, 5.41) is 16.3. The zero-order chi connectivity index (χ0) is 37.8. The summed E-state index contributed by atoms with van der Waals surface area (Å²) in [6.07, 6.45) is 22.7. The van der Waals surface area contributed by atoms with Crippen LogP contribution in [0.15, 0.2) is 48.5 Å². The van der Waals surface area contributed by atoms with E-state index in [-0.39, 0.29) is 36.3 Å². The minimum atomic E-state index is -0.486. The maximum Gasteiger partial charge on any atom is 0.315 e. The van der Waals surface area contributed by atoms with Crippen LogP contribution in [0.5, 0.6) is 0 Å². The van der Waals surface area contributed by atoms with Crippen molar-refractivity contribution in [3.63, 3.8) is 0 Å². The molecule has 7 nitrogen and oxygen atoms in total. The molecule has 1 heterocycles. The molecule has 4 atom stereocenters. The number of carbonyl (C=O) groups is 1. The Bertz CT molecular complexity index is 1350. The standard InChI is InChI=1S/C47H73N3O4/c1-4-6-8-10-12-14-24-50(25-15-13-11-9-7-5-2)33-43-35(3)44(41-20-18-37(34-51)19-21-41)54-45(53-43)42-22-16-36(17-23-42)32-48-46(52)49-47-29-38-26-39(30-47)28-40(27-38)31-47/h16-23,35,38-40,43-45,51H,4-15,24-34H2,1-3H3,(H2,48,49,52). The van der Waals surface area contributed by atoms with Crippen LogP contribution in [-0.2, 0) is 22.6 Å². The van der Waals surface area contributed by atoms with Crippen molar-refractivity contribution in [1.82, 2.24) is 15.5 Å². The Morgan fingerprint density at radius 3 is 1.80 bits per heavy atom. The lowest BCUT2D eigenvalue weighted by molar-refractivity contribution is -0.276. The number of nitrogens with zero attached hydrogens (tertiary/aromatic N) is 1. The molecule has 300 valence electrons. The van der Waals surface area contributed by atoms with Gasteiger partial charge in [0.15, 0.2) is 6.29 Å². The van der Waals surface area contributed by atoms with E-state index in [4.69, 9.17) is 9.47 Å². The smallest absolute Gasteiger partial charge is 0.315 e. The fourth-order valence-electron chi connectivity index (χ4n) is 10.6. The van der Waals surface area contributed by atoms with Crippen LogP contribution >= 0.6 is 0 Å². The Morgan fingerprint density at radius 2 is 1.24 bits per heavy atom. The third-order valence-electron chi connectivity index (χ3n) is 13.3. The summed E-state index contributed by atoms with van der Waals surface area (Å²) in [5.74, 6) is 2.58. The lowest BCUT2D eigenvalue weighted by Crippen LogP contribution is -2.61. The van der Waals surface area contributed by atoms with E-state index >= 15 is 0 Å². The number of urea groups is 1. The van der Waals surface area contributed by atoms with Gasteiger partial charge in [-0.15, -0.1) is 0 Å². The third kappa shape index (κ3) is 11.6. The Labute approximate surface area is 327 Å². The average Bonchev–Trinajstić information content (AvgIpc) is 3.17. The van der Waals surface area contributed by atoms with Crippen LogP contribution in [0.25, 0.3) is 0 Å². The molecule has 7 heteroatoms. The number of nitrogens with one attached hydrogen (secondary N) is 2. The Kier molecular flexibility index (Phi) is 15.7. The molecule has 4 saturated carbocycles. The predicted octanol–water partition coefficient (Wildman–Crippen LogP) is 10.8. The SMILES string of the molecule is CCCCCCCCN(CCCCCCCC)CC1OC(c2ccc(CNC(=O)NC34CC5CC(CC(C5)C3)C4)cc2)OC(c2ccc(CO)cc2)C1C. The predicted molar refractivity (Wildman–Crippen MR) is 219 cm³/mol. The molecule has 0 aromatic heterocycles. The van der Waals surface area contributed by atoms with E-state index in [2.05, 4.69) is 72.7 Å². The van der Waals surface area contributed by atoms with E-state index in [9.17, 15) is 9.90 Å². The molecule has 54 heavy (non-hydrogen) atoms. The van der Waals surface area contributed by atoms with Gasteiger partial charge in [-0.3, -0.25) is 0 Å². The maximum absolute atomic E-state index is 13.2. The molecule has 5 fully saturated rings. The van der Waals surface area contributed by atoms with Gasteiger partial charge in [-0.05, 0) is 98.9 Å². The molecule has 7 rings (SSSR count). The average molecular weight is 744 g/mol. The van der Waals surface area contributed by atoms with Gasteiger partial charge >= 0.3 is 6.03 Å². The quantitative estimate of drug-likeness (QED) is 0.105. The van der Waals surface area contributed by atoms with Crippen molar-refractivity contribution < 1.29 is 19.4 Å². The summed E-state index contributed by atoms with van der Waals surface area (Å²) in [6.45, 7) is 10.5. The molecule has 4 aliphatic carbocycles. The van der Waals surface area contributed by atoms with Gasteiger partial charge in [-0.25, -0.2) is 4.79 Å². The molecule has 4 bridgehead atoms. The molecule has 5 aliphatic rings. The molecular formula is C47H73N3O4. The van der Waals surface area contributed by atoms with Crippen LogP contribution in [0, 0.1) is 23.7 Å². The molecular weight excluding hydrogens is 671 g/mol. The first kappa shape index (κ1) is 41.2. The summed E-state index contributed by atoms with van der Waals surface area (Å²) >= 11 is 0. The van der Waals surface area contributed by atoms with Gasteiger partial charge in [0.25, 0.3) is 0 Å². The molecule has 2 amide bonds. The normalized spacial score (nSPS) is 28.8. The van der Waals surface area contributed by atoms with E-state index in [1.54, 1.807) is 0 Å². The minimum absolute atomic E-state index is 0.0137. The number of unbranched alkanes of at least 4 members (excludes halogenated alkanes) is 10. The number of amides is 2. The van der Waals surface area contributed by atoms with E-state index in [0.717, 1.165) is 78.9 Å². The summed E-state index contributed by atoms with van der Waals surface area (Å²) < 4.78 is 13.7. The first-order chi connectivity index (χ1) is 26.4. The number of carbonyl (C=O) groups excluding carboxylic acids is 1. The second kappa shape index (κ2) is 20.6. The molecule has 1 aliphatic heterocycles. The number of ether oxygens (including phenoxy) is 2. The van der Waals surface area contributed by atoms with Gasteiger partial charge in [-0.2, -0.15) is 0 Å². The molecule has 0 spiro atoms. The fourth-order valence-corrected chi connectivity index (χ4v) is 10.6. The number of benzene rings is 2. The van der Waals surface area contributed by atoms with Gasteiger partial charge < -0.3 is 30.1 Å². The van der Waals surface area contributed by atoms with Crippen LogP contribution in [-0.4, -0.2) is 47.3 Å². The first-order valence-corrected chi connectivity index (χ1v) is 22.2. The molecule has 2 aromatic carbocycles. The number of hydrogen-bond donors (Lipinski definition) is 3. The minimum Gasteiger partial charge on any atom is -0.392 e. The molecule has 3 N–H and O–H groups in total. The van der Waals surface area contributed by atoms with Crippen molar-refractivity contribution in [3.8, 4) is 0 Å². The first-order valence-electron chi connectivity index (χ1n) is 22.2. The van der Waals surface area contributed by atoms with Crippen molar-refractivity contribution in [2.75, 3.05) is 19.6 Å². The van der Waals surface area contributed by atoms with Crippen molar-refractivity contribution in [2.45, 2.75) is 174 Å². The van der Waals surface area contributed by atoms with Crippen molar-refractivity contribution >= 4 is 6.03 Å². The highest BCUT2D eigenvalue weighted by Gasteiger charge is 2.51. The van der Waals surface area contributed by atoms with Gasteiger partial charge in [0, 0.05) is 30.1 Å². The van der Waals surface area contributed by atoms with Gasteiger partial charge in [-0.1, -0.05) is 134 Å². The van der Waals surface area contributed by atoms with Crippen molar-refractivity contribution in [3.05, 3.63) is 70.8 Å². The van der Waals surface area contributed by atoms with Crippen LogP contribution in [0.3, 0.4) is 0 Å². The van der Waals surface area contributed by atoms with Gasteiger partial charge in [0.1, 0.15) is 0 Å². The summed E-state index contributed by atoms with van der Waals surface area (Å²) in [7, 11) is 0. The van der Waals surface area contributed by atoms with Crippen LogP contribution in [0.2, 0.25) is 0 Å². The number of aliphatic hydroxyl groups is 1. The Morgan fingerprint density at radius 1 is 0.722 bits per heavy atom.